The van der Waals surface area contributed by atoms with E-state index in [1.807, 2.05) is 18.2 Å². The van der Waals surface area contributed by atoms with E-state index in [1.54, 1.807) is 18.9 Å². The Morgan fingerprint density at radius 2 is 2.05 bits per heavy atom. The Morgan fingerprint density at radius 1 is 1.35 bits per heavy atom. The molecule has 0 saturated carbocycles. The van der Waals surface area contributed by atoms with Crippen molar-refractivity contribution in [2.75, 3.05) is 20.7 Å². The molecule has 0 bridgehead atoms. The summed E-state index contributed by atoms with van der Waals surface area (Å²) in [6.45, 7) is 3.76. The molecule has 20 heavy (non-hydrogen) atoms. The molecular weight excluding hydrogens is 256 g/mol. The van der Waals surface area contributed by atoms with Crippen LogP contribution >= 0.6 is 0 Å². The Balaban J connectivity index is 2.05. The van der Waals surface area contributed by atoms with Crippen molar-refractivity contribution < 1.29 is 14.3 Å². The van der Waals surface area contributed by atoms with Crippen molar-refractivity contribution in [2.45, 2.75) is 20.0 Å². The minimum absolute atomic E-state index is 0.0737. The molecule has 1 aromatic rings. The van der Waals surface area contributed by atoms with E-state index >= 15 is 0 Å². The van der Waals surface area contributed by atoms with Crippen LogP contribution in [0.3, 0.4) is 0 Å². The lowest BCUT2D eigenvalue weighted by molar-refractivity contribution is -0.145. The number of hydrogen-bond donors (Lipinski definition) is 1. The molecule has 1 unspecified atom stereocenters. The molecule has 1 amide bonds. The first-order chi connectivity index (χ1) is 9.52. The maximum absolute atomic E-state index is 12.3. The topological polar surface area (TPSA) is 58.6 Å². The van der Waals surface area contributed by atoms with Gasteiger partial charge in [-0.05, 0) is 23.3 Å². The Hall–Kier alpha value is -1.88. The van der Waals surface area contributed by atoms with Crippen LogP contribution in [0.5, 0.6) is 0 Å². The molecule has 1 aliphatic heterocycles. The fraction of sp³-hybridized carbons (Fsp3) is 0.467. The normalized spacial score (nSPS) is 14.6. The molecule has 1 heterocycles. The van der Waals surface area contributed by atoms with Gasteiger partial charge in [0.1, 0.15) is 0 Å². The highest BCUT2D eigenvalue weighted by atomic mass is 16.5. The van der Waals surface area contributed by atoms with Crippen LogP contribution in [0.25, 0.3) is 0 Å². The summed E-state index contributed by atoms with van der Waals surface area (Å²) in [5.41, 5.74) is 3.07. The number of nitrogens with one attached hydrogen (secondary N) is 1. The second kappa shape index (κ2) is 6.05. The summed E-state index contributed by atoms with van der Waals surface area (Å²) in [7, 11) is 3.06. The summed E-state index contributed by atoms with van der Waals surface area (Å²) >= 11 is 0. The Morgan fingerprint density at radius 3 is 2.75 bits per heavy atom. The number of ether oxygens (including phenoxy) is 1. The van der Waals surface area contributed by atoms with Crippen molar-refractivity contribution in [2.24, 2.45) is 5.92 Å². The number of nitrogens with zero attached hydrogens (tertiary/aromatic N) is 1. The Kier molecular flexibility index (Phi) is 4.39. The molecule has 0 radical (unpaired) electrons. The third-order valence-electron chi connectivity index (χ3n) is 3.58. The van der Waals surface area contributed by atoms with Gasteiger partial charge in [-0.2, -0.15) is 0 Å². The Labute approximate surface area is 118 Å². The van der Waals surface area contributed by atoms with E-state index in [0.29, 0.717) is 12.1 Å². The fourth-order valence-electron chi connectivity index (χ4n) is 2.42. The molecule has 0 spiro atoms. The number of fused-ring (bicyclic) bond motifs is 1. The maximum atomic E-state index is 12.3. The van der Waals surface area contributed by atoms with Gasteiger partial charge in [0.25, 0.3) is 5.91 Å². The zero-order valence-electron chi connectivity index (χ0n) is 12.1. The van der Waals surface area contributed by atoms with Crippen LogP contribution in [-0.4, -0.2) is 37.5 Å². The molecule has 2 rings (SSSR count). The zero-order valence-corrected chi connectivity index (χ0v) is 12.1. The summed E-state index contributed by atoms with van der Waals surface area (Å²) < 4.78 is 4.67. The maximum Gasteiger partial charge on any atom is 0.310 e. The van der Waals surface area contributed by atoms with Crippen molar-refractivity contribution in [1.29, 1.82) is 0 Å². The van der Waals surface area contributed by atoms with Crippen LogP contribution in [0.15, 0.2) is 18.2 Å². The molecule has 0 saturated heterocycles. The van der Waals surface area contributed by atoms with Gasteiger partial charge in [0, 0.05) is 32.2 Å². The van der Waals surface area contributed by atoms with Crippen molar-refractivity contribution in [3.05, 3.63) is 34.9 Å². The van der Waals surface area contributed by atoms with Crippen molar-refractivity contribution >= 4 is 11.9 Å². The predicted molar refractivity (Wildman–Crippen MR) is 75.1 cm³/mol. The standard InChI is InChI=1S/C15H20N2O3/c1-10(15(19)20-3)9-17(2)14(18)11-4-5-12-7-16-8-13(12)6-11/h4-6,10,16H,7-9H2,1-3H3. The van der Waals surface area contributed by atoms with Gasteiger partial charge in [-0.15, -0.1) is 0 Å². The monoisotopic (exact) mass is 276 g/mol. The summed E-state index contributed by atoms with van der Waals surface area (Å²) in [4.78, 5) is 25.3. The summed E-state index contributed by atoms with van der Waals surface area (Å²) in [6, 6.07) is 5.75. The molecule has 0 fully saturated rings. The first kappa shape index (κ1) is 14.5. The number of rotatable bonds is 4. The lowest BCUT2D eigenvalue weighted by Crippen LogP contribution is -2.34. The number of benzene rings is 1. The number of esters is 1. The predicted octanol–water partition coefficient (Wildman–Crippen LogP) is 1.17. The van der Waals surface area contributed by atoms with Crippen LogP contribution in [0.2, 0.25) is 0 Å². The van der Waals surface area contributed by atoms with Gasteiger partial charge in [-0.25, -0.2) is 0 Å². The van der Waals surface area contributed by atoms with Gasteiger partial charge in [0.2, 0.25) is 0 Å². The molecule has 5 heteroatoms. The van der Waals surface area contributed by atoms with E-state index < -0.39 is 0 Å². The van der Waals surface area contributed by atoms with Crippen molar-refractivity contribution in [1.82, 2.24) is 10.2 Å². The van der Waals surface area contributed by atoms with Crippen molar-refractivity contribution in [3.63, 3.8) is 0 Å². The van der Waals surface area contributed by atoms with Gasteiger partial charge in [0.05, 0.1) is 13.0 Å². The minimum atomic E-state index is -0.329. The number of hydrogen-bond acceptors (Lipinski definition) is 4. The average molecular weight is 276 g/mol. The quantitative estimate of drug-likeness (QED) is 0.839. The molecular formula is C15H20N2O3. The lowest BCUT2D eigenvalue weighted by atomic mass is 10.1. The minimum Gasteiger partial charge on any atom is -0.469 e. The first-order valence-electron chi connectivity index (χ1n) is 6.68. The second-order valence-electron chi connectivity index (χ2n) is 5.20. The lowest BCUT2D eigenvalue weighted by Gasteiger charge is -2.20. The van der Waals surface area contributed by atoms with Crippen LogP contribution in [0, 0.1) is 5.92 Å². The van der Waals surface area contributed by atoms with Crippen LogP contribution in [-0.2, 0) is 22.6 Å². The van der Waals surface area contributed by atoms with Gasteiger partial charge >= 0.3 is 5.97 Å². The van der Waals surface area contributed by atoms with E-state index in [0.717, 1.165) is 13.1 Å². The smallest absolute Gasteiger partial charge is 0.310 e. The Bertz CT molecular complexity index is 528. The summed E-state index contributed by atoms with van der Waals surface area (Å²) in [5, 5.41) is 3.25. The van der Waals surface area contributed by atoms with Crippen LogP contribution in [0.1, 0.15) is 28.4 Å². The summed E-state index contributed by atoms with van der Waals surface area (Å²) in [6.07, 6.45) is 0. The number of amides is 1. The molecule has 1 N–H and O–H groups in total. The number of carbonyl (C=O) groups excluding carboxylic acids is 2. The van der Waals surface area contributed by atoms with Crippen molar-refractivity contribution in [3.8, 4) is 0 Å². The highest BCUT2D eigenvalue weighted by Gasteiger charge is 2.20. The summed E-state index contributed by atoms with van der Waals surface area (Å²) in [5.74, 6) is -0.705. The van der Waals surface area contributed by atoms with Crippen LogP contribution < -0.4 is 5.32 Å². The van der Waals surface area contributed by atoms with Gasteiger partial charge in [0.15, 0.2) is 0 Å². The molecule has 5 nitrogen and oxygen atoms in total. The molecule has 0 aromatic heterocycles. The van der Waals surface area contributed by atoms with Gasteiger partial charge in [-0.1, -0.05) is 13.0 Å². The first-order valence-corrected chi connectivity index (χ1v) is 6.68. The van der Waals surface area contributed by atoms with E-state index in [2.05, 4.69) is 10.1 Å². The van der Waals surface area contributed by atoms with E-state index in [1.165, 1.54) is 18.2 Å². The zero-order chi connectivity index (χ0) is 14.7. The molecule has 108 valence electrons. The van der Waals surface area contributed by atoms with E-state index in [4.69, 9.17) is 0 Å². The van der Waals surface area contributed by atoms with Gasteiger partial charge < -0.3 is 15.0 Å². The molecule has 0 aliphatic carbocycles. The largest absolute Gasteiger partial charge is 0.469 e. The van der Waals surface area contributed by atoms with E-state index in [-0.39, 0.29) is 17.8 Å². The van der Waals surface area contributed by atoms with Crippen LogP contribution in [0.4, 0.5) is 0 Å². The number of carbonyl (C=O) groups is 2. The third-order valence-corrected chi connectivity index (χ3v) is 3.58. The highest BCUT2D eigenvalue weighted by Crippen LogP contribution is 2.18. The number of methoxy groups -OCH3 is 1. The highest BCUT2D eigenvalue weighted by molar-refractivity contribution is 5.94. The molecule has 1 atom stereocenters. The fourth-order valence-corrected chi connectivity index (χ4v) is 2.42. The van der Waals surface area contributed by atoms with E-state index in [9.17, 15) is 9.59 Å². The molecule has 1 aliphatic rings. The molecule has 1 aromatic carbocycles. The second-order valence-corrected chi connectivity index (χ2v) is 5.20. The average Bonchev–Trinajstić information content (AvgIpc) is 2.92. The third kappa shape index (κ3) is 2.99. The van der Waals surface area contributed by atoms with Gasteiger partial charge in [-0.3, -0.25) is 9.59 Å². The SMILES string of the molecule is COC(=O)C(C)CN(C)C(=O)c1ccc2c(c1)CNC2.